The van der Waals surface area contributed by atoms with Crippen LogP contribution in [0.25, 0.3) is 6.08 Å². The van der Waals surface area contributed by atoms with Crippen molar-refractivity contribution in [3.63, 3.8) is 0 Å². The van der Waals surface area contributed by atoms with E-state index in [2.05, 4.69) is 5.73 Å². The van der Waals surface area contributed by atoms with Gasteiger partial charge in [0.15, 0.2) is 0 Å². The monoisotopic (exact) mass is 216 g/mol. The van der Waals surface area contributed by atoms with Gasteiger partial charge in [-0.2, -0.15) is 0 Å². The predicted molar refractivity (Wildman–Crippen MR) is 64.9 cm³/mol. The minimum Gasteiger partial charge on any atom is -0.462 e. The third kappa shape index (κ3) is 3.76. The molecule has 0 N–H and O–H groups in total. The molecular weight excluding hydrogens is 200 g/mol. The standard InChI is InChI=1S/C14H16O2/c1-3-13(14(15)16-4-2)11-10-12-8-6-5-7-9-12/h5-10H,3-4H2,1-2H3. The Balaban J connectivity index is 2.87. The molecule has 0 bridgehead atoms. The van der Waals surface area contributed by atoms with Crippen molar-refractivity contribution in [1.29, 1.82) is 0 Å². The van der Waals surface area contributed by atoms with Gasteiger partial charge in [0.1, 0.15) is 0 Å². The number of esters is 1. The third-order valence-corrected chi connectivity index (χ3v) is 2.09. The average molecular weight is 216 g/mol. The Bertz CT molecular complexity index is 398. The number of carbonyl (C=O) groups is 1. The van der Waals surface area contributed by atoms with Gasteiger partial charge in [0.25, 0.3) is 0 Å². The van der Waals surface area contributed by atoms with Gasteiger partial charge in [-0.3, -0.25) is 0 Å². The van der Waals surface area contributed by atoms with Gasteiger partial charge in [-0.05, 0) is 25.0 Å². The van der Waals surface area contributed by atoms with Crippen molar-refractivity contribution in [3.05, 3.63) is 47.2 Å². The van der Waals surface area contributed by atoms with Gasteiger partial charge < -0.3 is 4.74 Å². The fourth-order valence-corrected chi connectivity index (χ4v) is 1.24. The van der Waals surface area contributed by atoms with E-state index < -0.39 is 0 Å². The van der Waals surface area contributed by atoms with Crippen LogP contribution < -0.4 is 0 Å². The molecule has 0 radical (unpaired) electrons. The molecule has 16 heavy (non-hydrogen) atoms. The summed E-state index contributed by atoms with van der Waals surface area (Å²) in [4.78, 5) is 11.5. The second kappa shape index (κ2) is 6.65. The molecule has 1 aromatic rings. The Morgan fingerprint density at radius 3 is 2.56 bits per heavy atom. The summed E-state index contributed by atoms with van der Waals surface area (Å²) in [6, 6.07) is 9.77. The highest BCUT2D eigenvalue weighted by Gasteiger charge is 2.05. The van der Waals surface area contributed by atoms with Crippen LogP contribution in [-0.4, -0.2) is 12.6 Å². The Labute approximate surface area is 96.2 Å². The molecule has 0 aliphatic heterocycles. The predicted octanol–water partition coefficient (Wildman–Crippen LogP) is 3.20. The van der Waals surface area contributed by atoms with E-state index in [1.165, 1.54) is 0 Å². The van der Waals surface area contributed by atoms with Gasteiger partial charge in [0.2, 0.25) is 0 Å². The van der Waals surface area contributed by atoms with Crippen LogP contribution in [0.15, 0.2) is 41.6 Å². The van der Waals surface area contributed by atoms with Gasteiger partial charge in [-0.15, -0.1) is 5.73 Å². The van der Waals surface area contributed by atoms with Crippen LogP contribution >= 0.6 is 0 Å². The molecule has 0 saturated carbocycles. The van der Waals surface area contributed by atoms with Gasteiger partial charge in [-0.25, -0.2) is 4.79 Å². The maximum absolute atomic E-state index is 11.5. The lowest BCUT2D eigenvalue weighted by Gasteiger charge is -2.00. The first-order chi connectivity index (χ1) is 7.77. The number of rotatable bonds is 4. The van der Waals surface area contributed by atoms with Gasteiger partial charge in [0, 0.05) is 0 Å². The van der Waals surface area contributed by atoms with Crippen LogP contribution in [0.3, 0.4) is 0 Å². The van der Waals surface area contributed by atoms with E-state index in [0.29, 0.717) is 18.6 Å². The number of carbonyl (C=O) groups excluding carboxylic acids is 1. The molecule has 0 unspecified atom stereocenters. The summed E-state index contributed by atoms with van der Waals surface area (Å²) in [7, 11) is 0. The summed E-state index contributed by atoms with van der Waals surface area (Å²) in [6.07, 6.45) is 2.43. The molecule has 1 rings (SSSR count). The zero-order chi connectivity index (χ0) is 11.8. The highest BCUT2D eigenvalue weighted by Crippen LogP contribution is 2.05. The summed E-state index contributed by atoms with van der Waals surface area (Å²) in [5, 5.41) is 0. The third-order valence-electron chi connectivity index (χ3n) is 2.09. The Morgan fingerprint density at radius 1 is 1.31 bits per heavy atom. The Kier molecular flexibility index (Phi) is 5.10. The quantitative estimate of drug-likeness (QED) is 0.439. The van der Waals surface area contributed by atoms with E-state index >= 15 is 0 Å². The molecular formula is C14H16O2. The second-order valence-electron chi connectivity index (χ2n) is 3.25. The first-order valence-electron chi connectivity index (χ1n) is 5.45. The minimum absolute atomic E-state index is 0.280. The van der Waals surface area contributed by atoms with Crippen molar-refractivity contribution in [2.45, 2.75) is 20.3 Å². The molecule has 2 heteroatoms. The van der Waals surface area contributed by atoms with Crippen LogP contribution in [0.4, 0.5) is 0 Å². The number of hydrogen-bond donors (Lipinski definition) is 0. The van der Waals surface area contributed by atoms with Crippen LogP contribution in [-0.2, 0) is 9.53 Å². The molecule has 0 atom stereocenters. The SMILES string of the molecule is CCOC(=O)C(=C=Cc1ccccc1)CC. The second-order valence-corrected chi connectivity index (χ2v) is 3.25. The molecule has 0 saturated heterocycles. The summed E-state index contributed by atoms with van der Waals surface area (Å²) in [5.74, 6) is -0.280. The lowest BCUT2D eigenvalue weighted by molar-refractivity contribution is -0.138. The summed E-state index contributed by atoms with van der Waals surface area (Å²) in [5.41, 5.74) is 4.59. The van der Waals surface area contributed by atoms with E-state index in [1.807, 2.05) is 37.3 Å². The maximum atomic E-state index is 11.5. The molecule has 0 aliphatic carbocycles. The van der Waals surface area contributed by atoms with Crippen molar-refractivity contribution in [3.8, 4) is 0 Å². The molecule has 1 aromatic carbocycles. The van der Waals surface area contributed by atoms with E-state index in [0.717, 1.165) is 5.56 Å². The van der Waals surface area contributed by atoms with Crippen molar-refractivity contribution >= 4 is 12.0 Å². The lowest BCUT2D eigenvalue weighted by atomic mass is 10.2. The highest BCUT2D eigenvalue weighted by atomic mass is 16.5. The lowest BCUT2D eigenvalue weighted by Crippen LogP contribution is -2.05. The smallest absolute Gasteiger partial charge is 0.341 e. The van der Waals surface area contributed by atoms with Crippen molar-refractivity contribution in [2.24, 2.45) is 0 Å². The summed E-state index contributed by atoms with van der Waals surface area (Å²) >= 11 is 0. The summed E-state index contributed by atoms with van der Waals surface area (Å²) < 4.78 is 4.92. The van der Waals surface area contributed by atoms with E-state index in [4.69, 9.17) is 4.74 Å². The molecule has 0 fully saturated rings. The first kappa shape index (κ1) is 12.3. The molecule has 2 nitrogen and oxygen atoms in total. The Morgan fingerprint density at radius 2 is 2.00 bits per heavy atom. The van der Waals surface area contributed by atoms with Gasteiger partial charge >= 0.3 is 5.97 Å². The molecule has 0 aromatic heterocycles. The van der Waals surface area contributed by atoms with Crippen LogP contribution in [0.5, 0.6) is 0 Å². The zero-order valence-corrected chi connectivity index (χ0v) is 9.69. The largest absolute Gasteiger partial charge is 0.462 e. The highest BCUT2D eigenvalue weighted by molar-refractivity contribution is 5.88. The van der Waals surface area contributed by atoms with Gasteiger partial charge in [0.05, 0.1) is 12.2 Å². The zero-order valence-electron chi connectivity index (χ0n) is 9.69. The molecule has 0 aliphatic rings. The Hall–Kier alpha value is -1.79. The van der Waals surface area contributed by atoms with E-state index in [1.54, 1.807) is 13.0 Å². The van der Waals surface area contributed by atoms with Gasteiger partial charge in [-0.1, -0.05) is 37.3 Å². The van der Waals surface area contributed by atoms with Crippen LogP contribution in [0, 0.1) is 0 Å². The first-order valence-corrected chi connectivity index (χ1v) is 5.45. The van der Waals surface area contributed by atoms with Crippen LogP contribution in [0.2, 0.25) is 0 Å². The fourth-order valence-electron chi connectivity index (χ4n) is 1.24. The number of ether oxygens (including phenoxy) is 1. The van der Waals surface area contributed by atoms with Crippen LogP contribution in [0.1, 0.15) is 25.8 Å². The number of hydrogen-bond acceptors (Lipinski definition) is 2. The summed E-state index contributed by atoms with van der Waals surface area (Å²) in [6.45, 7) is 4.11. The van der Waals surface area contributed by atoms with Crippen molar-refractivity contribution in [1.82, 2.24) is 0 Å². The maximum Gasteiger partial charge on any atom is 0.341 e. The van der Waals surface area contributed by atoms with E-state index in [9.17, 15) is 4.79 Å². The number of benzene rings is 1. The normalized spacial score (nSPS) is 9.12. The molecule has 0 spiro atoms. The van der Waals surface area contributed by atoms with Crippen molar-refractivity contribution in [2.75, 3.05) is 6.61 Å². The topological polar surface area (TPSA) is 26.3 Å². The minimum atomic E-state index is -0.280. The molecule has 0 amide bonds. The van der Waals surface area contributed by atoms with Crippen molar-refractivity contribution < 1.29 is 9.53 Å². The average Bonchev–Trinajstić information content (AvgIpc) is 2.31. The molecule has 0 heterocycles. The van der Waals surface area contributed by atoms with E-state index in [-0.39, 0.29) is 5.97 Å². The molecule has 84 valence electrons. The fraction of sp³-hybridized carbons (Fsp3) is 0.286.